The minimum Gasteiger partial charge on any atom is -0.348 e. The van der Waals surface area contributed by atoms with Crippen LogP contribution in [0.4, 0.5) is 11.4 Å². The van der Waals surface area contributed by atoms with Gasteiger partial charge in [0.05, 0.1) is 9.82 Å². The summed E-state index contributed by atoms with van der Waals surface area (Å²) in [5, 5.41) is 13.8. The van der Waals surface area contributed by atoms with Crippen molar-refractivity contribution in [3.05, 3.63) is 99.6 Å². The Labute approximate surface area is 205 Å². The number of hydrogen-bond donors (Lipinski definition) is 2. The maximum Gasteiger partial charge on any atom is 0.270 e. The number of non-ortho nitro benzene ring substituents is 1. The van der Waals surface area contributed by atoms with E-state index in [1.807, 2.05) is 12.1 Å². The van der Waals surface area contributed by atoms with Crippen LogP contribution in [0, 0.1) is 10.1 Å². The number of carbonyl (C=O) groups excluding carboxylic acids is 1. The van der Waals surface area contributed by atoms with Crippen molar-refractivity contribution in [2.45, 2.75) is 31.8 Å². The standard InChI is InChI=1S/C25H28N4O5S/c1-3-28(4-2)18-20-10-8-19(9-11-20)17-26-25(30)21-12-14-22(15-13-21)27-35(33,34)24-7-5-6-23(16-24)29(31)32/h5-16,27H,3-4,17-18H2,1-2H3,(H,26,30). The summed E-state index contributed by atoms with van der Waals surface area (Å²) in [5.74, 6) is -0.287. The number of rotatable bonds is 11. The molecule has 0 atom stereocenters. The fourth-order valence-corrected chi connectivity index (χ4v) is 4.52. The zero-order valence-corrected chi connectivity index (χ0v) is 20.4. The molecule has 0 saturated carbocycles. The minimum atomic E-state index is -4.02. The summed E-state index contributed by atoms with van der Waals surface area (Å²) in [7, 11) is -4.02. The number of nitrogens with one attached hydrogen (secondary N) is 2. The zero-order valence-electron chi connectivity index (χ0n) is 19.6. The molecule has 0 aliphatic carbocycles. The van der Waals surface area contributed by atoms with Crippen molar-refractivity contribution in [3.63, 3.8) is 0 Å². The van der Waals surface area contributed by atoms with Crippen molar-refractivity contribution in [2.24, 2.45) is 0 Å². The van der Waals surface area contributed by atoms with Crippen LogP contribution in [0.1, 0.15) is 35.3 Å². The van der Waals surface area contributed by atoms with Gasteiger partial charge in [0, 0.05) is 36.5 Å². The Morgan fingerprint density at radius 3 is 2.17 bits per heavy atom. The van der Waals surface area contributed by atoms with Crippen LogP contribution in [-0.4, -0.2) is 37.2 Å². The molecule has 0 spiro atoms. The molecule has 0 fully saturated rings. The van der Waals surface area contributed by atoms with E-state index in [1.54, 1.807) is 0 Å². The lowest BCUT2D eigenvalue weighted by atomic mass is 10.1. The van der Waals surface area contributed by atoms with Gasteiger partial charge in [-0.1, -0.05) is 44.2 Å². The lowest BCUT2D eigenvalue weighted by Gasteiger charge is -2.18. The average molecular weight is 497 g/mol. The topological polar surface area (TPSA) is 122 Å². The number of nitro benzene ring substituents is 1. The maximum absolute atomic E-state index is 12.6. The SMILES string of the molecule is CCN(CC)Cc1ccc(CNC(=O)c2ccc(NS(=O)(=O)c3cccc([N+](=O)[O-])c3)cc2)cc1. The summed E-state index contributed by atoms with van der Waals surface area (Å²) in [4.78, 5) is 24.9. The first kappa shape index (κ1) is 25.9. The first-order chi connectivity index (χ1) is 16.7. The second-order valence-electron chi connectivity index (χ2n) is 7.90. The van der Waals surface area contributed by atoms with Crippen LogP contribution in [0.3, 0.4) is 0 Å². The van der Waals surface area contributed by atoms with Gasteiger partial charge in [-0.3, -0.25) is 24.5 Å². The molecule has 0 unspecified atom stereocenters. The molecule has 184 valence electrons. The van der Waals surface area contributed by atoms with Crippen LogP contribution in [0.5, 0.6) is 0 Å². The van der Waals surface area contributed by atoms with Crippen LogP contribution in [0.15, 0.2) is 77.7 Å². The van der Waals surface area contributed by atoms with E-state index in [-0.39, 0.29) is 22.2 Å². The Morgan fingerprint density at radius 2 is 1.57 bits per heavy atom. The number of carbonyl (C=O) groups is 1. The monoisotopic (exact) mass is 496 g/mol. The van der Waals surface area contributed by atoms with Gasteiger partial charge in [-0.15, -0.1) is 0 Å². The number of nitro groups is 1. The summed E-state index contributed by atoms with van der Waals surface area (Å²) < 4.78 is 27.5. The van der Waals surface area contributed by atoms with Crippen molar-refractivity contribution >= 4 is 27.3 Å². The molecule has 3 aromatic rings. The highest BCUT2D eigenvalue weighted by Crippen LogP contribution is 2.21. The largest absolute Gasteiger partial charge is 0.348 e. The van der Waals surface area contributed by atoms with E-state index in [0.717, 1.165) is 31.3 Å². The van der Waals surface area contributed by atoms with E-state index in [2.05, 4.69) is 40.9 Å². The third-order valence-electron chi connectivity index (χ3n) is 5.51. The normalized spacial score (nSPS) is 11.3. The van der Waals surface area contributed by atoms with Crippen LogP contribution in [0.2, 0.25) is 0 Å². The lowest BCUT2D eigenvalue weighted by Crippen LogP contribution is -2.23. The first-order valence-electron chi connectivity index (χ1n) is 11.2. The molecule has 3 aromatic carbocycles. The van der Waals surface area contributed by atoms with E-state index in [1.165, 1.54) is 48.0 Å². The molecule has 3 rings (SSSR count). The molecule has 1 amide bonds. The Morgan fingerprint density at radius 1 is 0.943 bits per heavy atom. The van der Waals surface area contributed by atoms with Crippen molar-refractivity contribution in [3.8, 4) is 0 Å². The summed E-state index contributed by atoms with van der Waals surface area (Å²) in [6, 6.07) is 18.8. The Balaban J connectivity index is 1.58. The van der Waals surface area contributed by atoms with Gasteiger partial charge >= 0.3 is 0 Å². The molecule has 35 heavy (non-hydrogen) atoms. The third kappa shape index (κ3) is 7.11. The maximum atomic E-state index is 12.6. The van der Waals surface area contributed by atoms with Gasteiger partial charge in [0.25, 0.3) is 21.6 Å². The Bertz CT molecular complexity index is 1270. The molecule has 9 nitrogen and oxygen atoms in total. The van der Waals surface area contributed by atoms with Crippen molar-refractivity contribution in [1.29, 1.82) is 0 Å². The third-order valence-corrected chi connectivity index (χ3v) is 6.89. The number of nitrogens with zero attached hydrogens (tertiary/aromatic N) is 2. The van der Waals surface area contributed by atoms with Crippen molar-refractivity contribution in [2.75, 3.05) is 17.8 Å². The van der Waals surface area contributed by atoms with E-state index in [0.29, 0.717) is 12.1 Å². The predicted molar refractivity (Wildman–Crippen MR) is 135 cm³/mol. The summed E-state index contributed by atoms with van der Waals surface area (Å²) in [5.41, 5.74) is 2.48. The van der Waals surface area contributed by atoms with Gasteiger partial charge in [-0.2, -0.15) is 0 Å². The molecule has 0 radical (unpaired) electrons. The highest BCUT2D eigenvalue weighted by Gasteiger charge is 2.18. The average Bonchev–Trinajstić information content (AvgIpc) is 2.86. The minimum absolute atomic E-state index is 0.225. The summed E-state index contributed by atoms with van der Waals surface area (Å²) in [6.07, 6.45) is 0. The molecule has 0 saturated heterocycles. The van der Waals surface area contributed by atoms with Crippen LogP contribution in [-0.2, 0) is 23.1 Å². The van der Waals surface area contributed by atoms with Crippen LogP contribution in [0.25, 0.3) is 0 Å². The fourth-order valence-electron chi connectivity index (χ4n) is 3.42. The van der Waals surface area contributed by atoms with Gasteiger partial charge in [0.15, 0.2) is 0 Å². The van der Waals surface area contributed by atoms with Gasteiger partial charge in [0.2, 0.25) is 0 Å². The van der Waals surface area contributed by atoms with Gasteiger partial charge in [-0.05, 0) is 54.5 Å². The molecule has 0 aliphatic rings. The molecule has 0 bridgehead atoms. The Hall–Kier alpha value is -3.76. The number of anilines is 1. The second kappa shape index (κ2) is 11.6. The Kier molecular flexibility index (Phi) is 8.56. The molecular formula is C25H28N4O5S. The van der Waals surface area contributed by atoms with Crippen LogP contribution >= 0.6 is 0 Å². The quantitative estimate of drug-likeness (QED) is 0.304. The van der Waals surface area contributed by atoms with Gasteiger partial charge < -0.3 is 5.32 Å². The molecule has 10 heteroatoms. The summed E-state index contributed by atoms with van der Waals surface area (Å²) >= 11 is 0. The molecule has 0 aromatic heterocycles. The highest BCUT2D eigenvalue weighted by atomic mass is 32.2. The predicted octanol–water partition coefficient (Wildman–Crippen LogP) is 4.17. The number of sulfonamides is 1. The fraction of sp³-hybridized carbons (Fsp3) is 0.240. The van der Waals surface area contributed by atoms with Crippen molar-refractivity contribution in [1.82, 2.24) is 10.2 Å². The van der Waals surface area contributed by atoms with E-state index >= 15 is 0 Å². The number of benzene rings is 3. The smallest absolute Gasteiger partial charge is 0.270 e. The molecular weight excluding hydrogens is 468 g/mol. The van der Waals surface area contributed by atoms with Crippen molar-refractivity contribution < 1.29 is 18.1 Å². The van der Waals surface area contributed by atoms with Gasteiger partial charge in [-0.25, -0.2) is 8.42 Å². The van der Waals surface area contributed by atoms with Crippen LogP contribution < -0.4 is 10.0 Å². The molecule has 0 heterocycles. The number of amides is 1. The second-order valence-corrected chi connectivity index (χ2v) is 9.58. The zero-order chi connectivity index (χ0) is 25.4. The molecule has 2 N–H and O–H groups in total. The summed E-state index contributed by atoms with van der Waals surface area (Å²) in [6.45, 7) is 7.49. The van der Waals surface area contributed by atoms with E-state index < -0.39 is 14.9 Å². The van der Waals surface area contributed by atoms with E-state index in [4.69, 9.17) is 0 Å². The molecule has 0 aliphatic heterocycles. The first-order valence-corrected chi connectivity index (χ1v) is 12.7. The lowest BCUT2D eigenvalue weighted by molar-refractivity contribution is -0.385. The van der Waals surface area contributed by atoms with E-state index in [9.17, 15) is 23.3 Å². The van der Waals surface area contributed by atoms with Gasteiger partial charge in [0.1, 0.15) is 0 Å². The number of hydrogen-bond acceptors (Lipinski definition) is 6. The highest BCUT2D eigenvalue weighted by molar-refractivity contribution is 7.92.